The smallest absolute Gasteiger partial charge is 0.273 e. The number of hydrogen-bond donors (Lipinski definition) is 1. The number of nitrogens with one attached hydrogen (secondary N) is 1. The third-order valence-electron chi connectivity index (χ3n) is 4.91. The average Bonchev–Trinajstić information content (AvgIpc) is 2.75. The Morgan fingerprint density at radius 2 is 1.62 bits per heavy atom. The summed E-state index contributed by atoms with van der Waals surface area (Å²) in [6.45, 7) is 0. The van der Waals surface area contributed by atoms with Gasteiger partial charge in [-0.25, -0.2) is 14.1 Å². The maximum atomic E-state index is 14.0. The molecule has 0 radical (unpaired) electrons. The highest BCUT2D eigenvalue weighted by Gasteiger charge is 2.36. The second-order valence-electron chi connectivity index (χ2n) is 7.05. The molecule has 0 atom stereocenters. The minimum Gasteiger partial charge on any atom is -0.273 e. The van der Waals surface area contributed by atoms with E-state index in [9.17, 15) is 18.8 Å². The van der Waals surface area contributed by atoms with Crippen LogP contribution in [0.3, 0.4) is 0 Å². The zero-order valence-corrected chi connectivity index (χ0v) is 19.6. The van der Waals surface area contributed by atoms with Gasteiger partial charge in [0.15, 0.2) is 0 Å². The number of nitrogens with zero attached hydrogens (tertiary/aromatic N) is 1. The van der Waals surface area contributed by atoms with Crippen LogP contribution in [0.5, 0.6) is 0 Å². The first-order chi connectivity index (χ1) is 15.3. The van der Waals surface area contributed by atoms with E-state index >= 15 is 0 Å². The van der Waals surface area contributed by atoms with Gasteiger partial charge in [-0.15, -0.1) is 0 Å². The SMILES string of the molecule is O=C1NC(=O)N(c2ccc(Br)cc2)C(=O)/C1=C/c1ccc(Cc2ccccc2F)c(Br)c1. The Bertz CT molecular complexity index is 1270. The minimum atomic E-state index is -0.805. The predicted molar refractivity (Wildman–Crippen MR) is 126 cm³/mol. The molecule has 32 heavy (non-hydrogen) atoms. The van der Waals surface area contributed by atoms with E-state index in [2.05, 4.69) is 37.2 Å². The first-order valence-corrected chi connectivity index (χ1v) is 11.1. The molecule has 3 aromatic rings. The molecule has 1 aliphatic rings. The van der Waals surface area contributed by atoms with Crippen LogP contribution in [-0.4, -0.2) is 17.8 Å². The third-order valence-corrected chi connectivity index (χ3v) is 6.18. The molecule has 0 aliphatic carbocycles. The number of rotatable bonds is 4. The number of hydrogen-bond acceptors (Lipinski definition) is 3. The van der Waals surface area contributed by atoms with Crippen molar-refractivity contribution in [3.05, 3.63) is 104 Å². The second kappa shape index (κ2) is 9.18. The van der Waals surface area contributed by atoms with E-state index in [4.69, 9.17) is 0 Å². The van der Waals surface area contributed by atoms with Crippen LogP contribution < -0.4 is 10.2 Å². The first-order valence-electron chi connectivity index (χ1n) is 9.52. The van der Waals surface area contributed by atoms with E-state index in [1.807, 2.05) is 0 Å². The molecule has 0 spiro atoms. The van der Waals surface area contributed by atoms with Crippen molar-refractivity contribution in [3.63, 3.8) is 0 Å². The lowest BCUT2D eigenvalue weighted by Crippen LogP contribution is -2.54. The van der Waals surface area contributed by atoms with Gasteiger partial charge in [-0.1, -0.05) is 62.2 Å². The summed E-state index contributed by atoms with van der Waals surface area (Å²) < 4.78 is 15.5. The first kappa shape index (κ1) is 22.1. The molecule has 1 heterocycles. The Kier molecular flexibility index (Phi) is 6.34. The fourth-order valence-electron chi connectivity index (χ4n) is 3.29. The maximum absolute atomic E-state index is 14.0. The molecule has 1 N–H and O–H groups in total. The molecule has 1 aliphatic heterocycles. The highest BCUT2D eigenvalue weighted by atomic mass is 79.9. The molecule has 0 saturated carbocycles. The van der Waals surface area contributed by atoms with Gasteiger partial charge in [-0.05, 0) is 59.2 Å². The predicted octanol–water partition coefficient (Wildman–Crippen LogP) is 5.61. The van der Waals surface area contributed by atoms with E-state index in [-0.39, 0.29) is 11.4 Å². The van der Waals surface area contributed by atoms with E-state index in [1.165, 1.54) is 12.1 Å². The van der Waals surface area contributed by atoms with E-state index in [1.54, 1.807) is 60.7 Å². The number of anilines is 1. The van der Waals surface area contributed by atoms with Crippen LogP contribution in [-0.2, 0) is 16.0 Å². The summed E-state index contributed by atoms with van der Waals surface area (Å²) in [7, 11) is 0. The number of urea groups is 1. The fourth-order valence-corrected chi connectivity index (χ4v) is 4.09. The Balaban J connectivity index is 1.63. The largest absolute Gasteiger partial charge is 0.335 e. The zero-order chi connectivity index (χ0) is 22.8. The van der Waals surface area contributed by atoms with Crippen molar-refractivity contribution in [3.8, 4) is 0 Å². The van der Waals surface area contributed by atoms with Crippen LogP contribution in [0.4, 0.5) is 14.9 Å². The van der Waals surface area contributed by atoms with Crippen molar-refractivity contribution >= 4 is 61.5 Å². The van der Waals surface area contributed by atoms with Gasteiger partial charge in [-0.2, -0.15) is 0 Å². The second-order valence-corrected chi connectivity index (χ2v) is 8.82. The van der Waals surface area contributed by atoms with Gasteiger partial charge < -0.3 is 0 Å². The van der Waals surface area contributed by atoms with Gasteiger partial charge in [0.2, 0.25) is 0 Å². The molecular weight excluding hydrogens is 543 g/mol. The minimum absolute atomic E-state index is 0.165. The topological polar surface area (TPSA) is 66.5 Å². The van der Waals surface area contributed by atoms with Crippen molar-refractivity contribution < 1.29 is 18.8 Å². The molecule has 4 rings (SSSR count). The summed E-state index contributed by atoms with van der Waals surface area (Å²) in [4.78, 5) is 38.6. The van der Waals surface area contributed by atoms with Crippen molar-refractivity contribution in [1.29, 1.82) is 0 Å². The highest BCUT2D eigenvalue weighted by Crippen LogP contribution is 2.26. The Morgan fingerprint density at radius 3 is 2.31 bits per heavy atom. The Hall–Kier alpha value is -3.10. The summed E-state index contributed by atoms with van der Waals surface area (Å²) in [5.74, 6) is -1.76. The van der Waals surface area contributed by atoms with Crippen molar-refractivity contribution in [2.24, 2.45) is 0 Å². The van der Waals surface area contributed by atoms with Crippen LogP contribution in [0, 0.1) is 5.82 Å². The van der Waals surface area contributed by atoms with Gasteiger partial charge in [0.25, 0.3) is 11.8 Å². The molecule has 1 saturated heterocycles. The molecule has 160 valence electrons. The monoisotopic (exact) mass is 556 g/mol. The van der Waals surface area contributed by atoms with Crippen LogP contribution in [0.15, 0.2) is 81.2 Å². The molecule has 4 amide bonds. The number of carbonyl (C=O) groups is 3. The number of amides is 4. The van der Waals surface area contributed by atoms with Gasteiger partial charge in [0.1, 0.15) is 11.4 Å². The standard InChI is InChI=1S/C24H15Br2FN2O3/c25-17-7-9-18(10-8-17)29-23(31)19(22(30)28-24(29)32)11-14-5-6-15(20(26)12-14)13-16-3-1-2-4-21(16)27/h1-12H,13H2,(H,28,30,32)/b19-11+. The van der Waals surface area contributed by atoms with Gasteiger partial charge in [-0.3, -0.25) is 14.9 Å². The van der Waals surface area contributed by atoms with Crippen LogP contribution in [0.2, 0.25) is 0 Å². The van der Waals surface area contributed by atoms with Crippen LogP contribution in [0.25, 0.3) is 6.08 Å². The van der Waals surface area contributed by atoms with Crippen LogP contribution in [0.1, 0.15) is 16.7 Å². The Labute approximate surface area is 200 Å². The summed E-state index contributed by atoms with van der Waals surface area (Å²) in [5.41, 5.74) is 2.17. The lowest BCUT2D eigenvalue weighted by Gasteiger charge is -2.26. The quantitative estimate of drug-likeness (QED) is 0.335. The third kappa shape index (κ3) is 4.56. The maximum Gasteiger partial charge on any atom is 0.335 e. The van der Waals surface area contributed by atoms with Crippen LogP contribution >= 0.6 is 31.9 Å². The number of barbiturate groups is 1. The molecular formula is C24H15Br2FN2O3. The lowest BCUT2D eigenvalue weighted by molar-refractivity contribution is -0.122. The van der Waals surface area contributed by atoms with Gasteiger partial charge in [0.05, 0.1) is 5.69 Å². The van der Waals surface area contributed by atoms with Crippen molar-refractivity contribution in [1.82, 2.24) is 5.32 Å². The molecule has 3 aromatic carbocycles. The molecule has 5 nitrogen and oxygen atoms in total. The number of imide groups is 2. The summed E-state index contributed by atoms with van der Waals surface area (Å²) in [6, 6.07) is 17.6. The summed E-state index contributed by atoms with van der Waals surface area (Å²) in [5, 5.41) is 2.20. The average molecular weight is 558 g/mol. The van der Waals surface area contributed by atoms with E-state index < -0.39 is 17.8 Å². The van der Waals surface area contributed by atoms with Gasteiger partial charge >= 0.3 is 6.03 Å². The molecule has 0 aromatic heterocycles. The molecule has 1 fully saturated rings. The number of benzene rings is 3. The number of halogens is 3. The fraction of sp³-hybridized carbons (Fsp3) is 0.0417. The van der Waals surface area contributed by atoms with E-state index in [0.717, 1.165) is 14.9 Å². The van der Waals surface area contributed by atoms with Crippen molar-refractivity contribution in [2.45, 2.75) is 6.42 Å². The highest BCUT2D eigenvalue weighted by molar-refractivity contribution is 9.10. The normalized spacial score (nSPS) is 15.3. The summed E-state index contributed by atoms with van der Waals surface area (Å²) in [6.07, 6.45) is 1.81. The van der Waals surface area contributed by atoms with Gasteiger partial charge in [0, 0.05) is 15.4 Å². The number of carbonyl (C=O) groups excluding carboxylic acids is 3. The Morgan fingerprint density at radius 1 is 0.906 bits per heavy atom. The van der Waals surface area contributed by atoms with E-state index in [0.29, 0.717) is 27.7 Å². The molecule has 0 unspecified atom stereocenters. The molecule has 0 bridgehead atoms. The molecule has 8 heteroatoms. The summed E-state index contributed by atoms with van der Waals surface area (Å²) >= 11 is 6.79. The zero-order valence-electron chi connectivity index (χ0n) is 16.4. The van der Waals surface area contributed by atoms with Crippen molar-refractivity contribution in [2.75, 3.05) is 4.90 Å². The lowest BCUT2D eigenvalue weighted by atomic mass is 10.0.